The van der Waals surface area contributed by atoms with E-state index in [0.717, 1.165) is 6.54 Å². The first-order valence-electron chi connectivity index (χ1n) is 6.45. The molecular weight excluding hydrogens is 202 g/mol. The van der Waals surface area contributed by atoms with Crippen molar-refractivity contribution in [1.82, 2.24) is 4.90 Å². The second-order valence-corrected chi connectivity index (χ2v) is 4.89. The lowest BCUT2D eigenvalue weighted by Gasteiger charge is -2.28. The molecule has 16 heavy (non-hydrogen) atoms. The summed E-state index contributed by atoms with van der Waals surface area (Å²) in [6.45, 7) is 9.94. The van der Waals surface area contributed by atoms with Crippen molar-refractivity contribution >= 4 is 5.97 Å². The molecule has 1 N–H and O–H groups in total. The molecule has 0 rings (SSSR count). The van der Waals surface area contributed by atoms with Crippen LogP contribution in [-0.2, 0) is 4.79 Å². The molecule has 0 aromatic heterocycles. The lowest BCUT2D eigenvalue weighted by atomic mass is 10.1. The molecule has 0 aliphatic carbocycles. The van der Waals surface area contributed by atoms with Gasteiger partial charge in [0.05, 0.1) is 5.92 Å². The van der Waals surface area contributed by atoms with Crippen LogP contribution in [0.4, 0.5) is 0 Å². The Kier molecular flexibility index (Phi) is 8.26. The molecule has 0 aromatic carbocycles. The third kappa shape index (κ3) is 6.83. The zero-order valence-corrected chi connectivity index (χ0v) is 11.2. The van der Waals surface area contributed by atoms with Crippen LogP contribution in [0.15, 0.2) is 0 Å². The van der Waals surface area contributed by atoms with Gasteiger partial charge in [0, 0.05) is 12.6 Å². The van der Waals surface area contributed by atoms with Crippen LogP contribution in [0, 0.1) is 5.92 Å². The third-order valence-electron chi connectivity index (χ3n) is 2.96. The maximum Gasteiger partial charge on any atom is 0.307 e. The van der Waals surface area contributed by atoms with Crippen molar-refractivity contribution < 1.29 is 9.90 Å². The molecule has 0 radical (unpaired) electrons. The fourth-order valence-electron chi connectivity index (χ4n) is 1.73. The topological polar surface area (TPSA) is 40.5 Å². The molecule has 0 heterocycles. The average Bonchev–Trinajstić information content (AvgIpc) is 2.21. The zero-order valence-electron chi connectivity index (χ0n) is 11.2. The van der Waals surface area contributed by atoms with Crippen molar-refractivity contribution in [3.8, 4) is 0 Å². The van der Waals surface area contributed by atoms with Gasteiger partial charge in [-0.1, -0.05) is 33.1 Å². The lowest BCUT2D eigenvalue weighted by molar-refractivity contribution is -0.141. The van der Waals surface area contributed by atoms with Gasteiger partial charge in [-0.3, -0.25) is 4.79 Å². The predicted molar refractivity (Wildman–Crippen MR) is 67.7 cm³/mol. The number of carboxylic acids is 1. The van der Waals surface area contributed by atoms with E-state index in [1.165, 1.54) is 25.7 Å². The fourth-order valence-corrected chi connectivity index (χ4v) is 1.73. The Bertz CT molecular complexity index is 192. The van der Waals surface area contributed by atoms with E-state index >= 15 is 0 Å². The van der Waals surface area contributed by atoms with Crippen molar-refractivity contribution in [2.45, 2.75) is 59.4 Å². The van der Waals surface area contributed by atoms with Gasteiger partial charge in [0.25, 0.3) is 0 Å². The molecule has 3 heteroatoms. The van der Waals surface area contributed by atoms with Gasteiger partial charge in [0.15, 0.2) is 0 Å². The van der Waals surface area contributed by atoms with Gasteiger partial charge < -0.3 is 10.0 Å². The van der Waals surface area contributed by atoms with E-state index in [1.54, 1.807) is 6.92 Å². The lowest BCUT2D eigenvalue weighted by Crippen LogP contribution is -2.37. The molecule has 0 amide bonds. The molecule has 0 spiro atoms. The number of hydrogen-bond donors (Lipinski definition) is 1. The highest BCUT2D eigenvalue weighted by Crippen LogP contribution is 2.08. The maximum absolute atomic E-state index is 10.8. The average molecular weight is 229 g/mol. The van der Waals surface area contributed by atoms with Crippen molar-refractivity contribution in [1.29, 1.82) is 0 Å². The van der Waals surface area contributed by atoms with Crippen LogP contribution in [0.25, 0.3) is 0 Å². The first kappa shape index (κ1) is 15.4. The summed E-state index contributed by atoms with van der Waals surface area (Å²) in [6.07, 6.45) is 4.95. The standard InChI is InChI=1S/C13H27NO2/c1-5-6-7-8-9-14(11(2)3)10-12(4)13(15)16/h11-12H,5-10H2,1-4H3,(H,15,16). The molecule has 0 fully saturated rings. The molecular formula is C13H27NO2. The summed E-state index contributed by atoms with van der Waals surface area (Å²) in [5, 5.41) is 8.90. The van der Waals surface area contributed by atoms with E-state index in [4.69, 9.17) is 5.11 Å². The number of unbranched alkanes of at least 4 members (excludes halogenated alkanes) is 3. The minimum Gasteiger partial charge on any atom is -0.481 e. The molecule has 0 saturated heterocycles. The van der Waals surface area contributed by atoms with Gasteiger partial charge >= 0.3 is 5.97 Å². The Morgan fingerprint density at radius 2 is 1.81 bits per heavy atom. The molecule has 0 saturated carbocycles. The second-order valence-electron chi connectivity index (χ2n) is 4.89. The number of carboxylic acid groups (broad SMARTS) is 1. The Balaban J connectivity index is 3.93. The number of aliphatic carboxylic acids is 1. The van der Waals surface area contributed by atoms with Crippen molar-refractivity contribution in [3.05, 3.63) is 0 Å². The third-order valence-corrected chi connectivity index (χ3v) is 2.96. The van der Waals surface area contributed by atoms with E-state index in [2.05, 4.69) is 25.7 Å². The second kappa shape index (κ2) is 8.57. The number of rotatable bonds is 9. The summed E-state index contributed by atoms with van der Waals surface area (Å²) in [4.78, 5) is 13.1. The van der Waals surface area contributed by atoms with Crippen LogP contribution in [0.3, 0.4) is 0 Å². The smallest absolute Gasteiger partial charge is 0.307 e. The minimum absolute atomic E-state index is 0.270. The predicted octanol–water partition coefficient (Wildman–Crippen LogP) is 3.00. The fraction of sp³-hybridized carbons (Fsp3) is 0.923. The molecule has 96 valence electrons. The van der Waals surface area contributed by atoms with E-state index in [9.17, 15) is 4.79 Å². The van der Waals surface area contributed by atoms with Gasteiger partial charge in [-0.2, -0.15) is 0 Å². The quantitative estimate of drug-likeness (QED) is 0.618. The van der Waals surface area contributed by atoms with E-state index in [1.807, 2.05) is 0 Å². The highest BCUT2D eigenvalue weighted by Gasteiger charge is 2.17. The molecule has 0 aliphatic rings. The first-order valence-corrected chi connectivity index (χ1v) is 6.45. The summed E-state index contributed by atoms with van der Waals surface area (Å²) in [7, 11) is 0. The number of nitrogens with zero attached hydrogens (tertiary/aromatic N) is 1. The summed E-state index contributed by atoms with van der Waals surface area (Å²) >= 11 is 0. The highest BCUT2D eigenvalue weighted by molar-refractivity contribution is 5.69. The molecule has 1 unspecified atom stereocenters. The molecule has 0 aromatic rings. The molecule has 0 bridgehead atoms. The molecule has 1 atom stereocenters. The summed E-state index contributed by atoms with van der Waals surface area (Å²) in [5.74, 6) is -0.965. The molecule has 0 aliphatic heterocycles. The van der Waals surface area contributed by atoms with Crippen LogP contribution in [0.2, 0.25) is 0 Å². The van der Waals surface area contributed by atoms with Gasteiger partial charge in [0.1, 0.15) is 0 Å². The van der Waals surface area contributed by atoms with Crippen LogP contribution < -0.4 is 0 Å². The Morgan fingerprint density at radius 1 is 1.19 bits per heavy atom. The van der Waals surface area contributed by atoms with Crippen LogP contribution in [0.5, 0.6) is 0 Å². The highest BCUT2D eigenvalue weighted by atomic mass is 16.4. The van der Waals surface area contributed by atoms with Crippen molar-refractivity contribution in [3.63, 3.8) is 0 Å². The normalized spacial score (nSPS) is 13.4. The monoisotopic (exact) mass is 229 g/mol. The summed E-state index contributed by atoms with van der Waals surface area (Å²) < 4.78 is 0. The zero-order chi connectivity index (χ0) is 12.6. The molecule has 3 nitrogen and oxygen atoms in total. The van der Waals surface area contributed by atoms with Gasteiger partial charge in [-0.25, -0.2) is 0 Å². The number of hydrogen-bond acceptors (Lipinski definition) is 2. The van der Waals surface area contributed by atoms with Crippen molar-refractivity contribution in [2.75, 3.05) is 13.1 Å². The van der Waals surface area contributed by atoms with E-state index < -0.39 is 5.97 Å². The number of carbonyl (C=O) groups is 1. The summed E-state index contributed by atoms with van der Waals surface area (Å²) in [5.41, 5.74) is 0. The van der Waals surface area contributed by atoms with Crippen molar-refractivity contribution in [2.24, 2.45) is 5.92 Å². The van der Waals surface area contributed by atoms with Crippen LogP contribution in [-0.4, -0.2) is 35.1 Å². The van der Waals surface area contributed by atoms with Crippen LogP contribution in [0.1, 0.15) is 53.4 Å². The largest absolute Gasteiger partial charge is 0.481 e. The summed E-state index contributed by atoms with van der Waals surface area (Å²) in [6, 6.07) is 0.434. The Hall–Kier alpha value is -0.570. The first-order chi connectivity index (χ1) is 7.49. The minimum atomic E-state index is -0.695. The Morgan fingerprint density at radius 3 is 2.25 bits per heavy atom. The van der Waals surface area contributed by atoms with Gasteiger partial charge in [0.2, 0.25) is 0 Å². The van der Waals surface area contributed by atoms with Gasteiger partial charge in [-0.05, 0) is 26.8 Å². The maximum atomic E-state index is 10.8. The van der Waals surface area contributed by atoms with Crippen LogP contribution >= 0.6 is 0 Å². The van der Waals surface area contributed by atoms with E-state index in [-0.39, 0.29) is 5.92 Å². The van der Waals surface area contributed by atoms with E-state index in [0.29, 0.717) is 12.6 Å². The van der Waals surface area contributed by atoms with Gasteiger partial charge in [-0.15, -0.1) is 0 Å². The SMILES string of the molecule is CCCCCCN(CC(C)C(=O)O)C(C)C. The Labute approximate surface area is 99.8 Å².